The third-order valence-electron chi connectivity index (χ3n) is 3.16. The lowest BCUT2D eigenvalue weighted by Gasteiger charge is -2.27. The van der Waals surface area contributed by atoms with Gasteiger partial charge in [0, 0.05) is 13.2 Å². The number of fused-ring (bicyclic) bond motifs is 1. The molecule has 1 unspecified atom stereocenters. The van der Waals surface area contributed by atoms with Gasteiger partial charge in [-0.15, -0.1) is 0 Å². The third-order valence-corrected chi connectivity index (χ3v) is 3.16. The minimum absolute atomic E-state index is 0.404. The van der Waals surface area contributed by atoms with Crippen LogP contribution < -0.4 is 4.90 Å². The molecule has 0 bridgehead atoms. The molecule has 1 aliphatic heterocycles. The number of likely N-dealkylation sites (N-methyl/N-ethyl adjacent to an activating group) is 1. The molecule has 6 nitrogen and oxygen atoms in total. The van der Waals surface area contributed by atoms with Gasteiger partial charge in [-0.2, -0.15) is 0 Å². The summed E-state index contributed by atoms with van der Waals surface area (Å²) in [5.41, 5.74) is 1.62. The fraction of sp³-hybridized carbons (Fsp3) is 0.545. The predicted octanol–water partition coefficient (Wildman–Crippen LogP) is 0.968. The molecule has 90 valence electrons. The standard InChI is InChI=1S/C11H15N5O/c1-2-16(8-3-4-17-5-8)11-9-10(13-6-12-9)14-7-15-11/h6-8H,2-5H2,1H3,(H,12,13,14,15). The van der Waals surface area contributed by atoms with Crippen LogP contribution >= 0.6 is 0 Å². The highest BCUT2D eigenvalue weighted by Crippen LogP contribution is 2.24. The van der Waals surface area contributed by atoms with Crippen LogP contribution in [0.2, 0.25) is 0 Å². The highest BCUT2D eigenvalue weighted by molar-refractivity contribution is 5.82. The molecule has 1 aliphatic rings. The average molecular weight is 233 g/mol. The molecule has 1 fully saturated rings. The van der Waals surface area contributed by atoms with Crippen molar-refractivity contribution >= 4 is 17.0 Å². The van der Waals surface area contributed by atoms with Crippen LogP contribution in [0.1, 0.15) is 13.3 Å². The Morgan fingerprint density at radius 2 is 2.41 bits per heavy atom. The lowest BCUT2D eigenvalue weighted by Crippen LogP contribution is -2.36. The van der Waals surface area contributed by atoms with Crippen molar-refractivity contribution in [2.45, 2.75) is 19.4 Å². The van der Waals surface area contributed by atoms with E-state index in [4.69, 9.17) is 4.74 Å². The fourth-order valence-corrected chi connectivity index (χ4v) is 2.32. The zero-order chi connectivity index (χ0) is 11.7. The number of aromatic nitrogens is 4. The first kappa shape index (κ1) is 10.5. The van der Waals surface area contributed by atoms with Crippen molar-refractivity contribution in [3.8, 4) is 0 Å². The normalized spacial score (nSPS) is 19.9. The molecule has 2 aromatic rings. The van der Waals surface area contributed by atoms with Crippen LogP contribution in [-0.4, -0.2) is 45.7 Å². The smallest absolute Gasteiger partial charge is 0.182 e. The molecule has 1 atom stereocenters. The van der Waals surface area contributed by atoms with Crippen LogP contribution in [0, 0.1) is 0 Å². The number of H-pyrrole nitrogens is 1. The summed E-state index contributed by atoms with van der Waals surface area (Å²) in [6.07, 6.45) is 4.27. The molecule has 6 heteroatoms. The number of rotatable bonds is 3. The highest BCUT2D eigenvalue weighted by atomic mass is 16.5. The van der Waals surface area contributed by atoms with Crippen molar-refractivity contribution in [3.63, 3.8) is 0 Å². The first-order chi connectivity index (χ1) is 8.40. The first-order valence-electron chi connectivity index (χ1n) is 5.88. The second-order valence-corrected chi connectivity index (χ2v) is 4.10. The summed E-state index contributed by atoms with van der Waals surface area (Å²) in [6, 6.07) is 0.404. The number of anilines is 1. The summed E-state index contributed by atoms with van der Waals surface area (Å²) in [5, 5.41) is 0. The maximum atomic E-state index is 5.44. The molecule has 0 radical (unpaired) electrons. The fourth-order valence-electron chi connectivity index (χ4n) is 2.32. The number of hydrogen-bond donors (Lipinski definition) is 1. The van der Waals surface area contributed by atoms with Gasteiger partial charge < -0.3 is 14.6 Å². The maximum Gasteiger partial charge on any atom is 0.182 e. The van der Waals surface area contributed by atoms with E-state index < -0.39 is 0 Å². The number of nitrogens with zero attached hydrogens (tertiary/aromatic N) is 4. The van der Waals surface area contributed by atoms with Crippen LogP contribution in [0.3, 0.4) is 0 Å². The molecule has 17 heavy (non-hydrogen) atoms. The topological polar surface area (TPSA) is 66.9 Å². The van der Waals surface area contributed by atoms with Gasteiger partial charge in [0.25, 0.3) is 0 Å². The van der Waals surface area contributed by atoms with Crippen molar-refractivity contribution in [3.05, 3.63) is 12.7 Å². The molecule has 3 rings (SSSR count). The first-order valence-corrected chi connectivity index (χ1v) is 5.88. The van der Waals surface area contributed by atoms with Gasteiger partial charge in [-0.1, -0.05) is 0 Å². The van der Waals surface area contributed by atoms with Crippen LogP contribution in [0.5, 0.6) is 0 Å². The van der Waals surface area contributed by atoms with Crippen LogP contribution in [-0.2, 0) is 4.74 Å². The molecular weight excluding hydrogens is 218 g/mol. The van der Waals surface area contributed by atoms with Crippen molar-refractivity contribution in [1.29, 1.82) is 0 Å². The van der Waals surface area contributed by atoms with Crippen LogP contribution in [0.15, 0.2) is 12.7 Å². The Morgan fingerprint density at radius 1 is 1.47 bits per heavy atom. The average Bonchev–Trinajstić information content (AvgIpc) is 3.00. The Balaban J connectivity index is 2.02. The molecule has 3 heterocycles. The van der Waals surface area contributed by atoms with Gasteiger partial charge in [0.15, 0.2) is 11.5 Å². The molecule has 1 saturated heterocycles. The van der Waals surface area contributed by atoms with Gasteiger partial charge in [-0.05, 0) is 13.3 Å². The summed E-state index contributed by atoms with van der Waals surface area (Å²) in [6.45, 7) is 4.63. The predicted molar refractivity (Wildman–Crippen MR) is 63.9 cm³/mol. The molecule has 0 saturated carbocycles. The van der Waals surface area contributed by atoms with Gasteiger partial charge in [-0.25, -0.2) is 15.0 Å². The third kappa shape index (κ3) is 1.74. The van der Waals surface area contributed by atoms with Gasteiger partial charge in [0.2, 0.25) is 0 Å². The number of nitrogens with one attached hydrogen (secondary N) is 1. The zero-order valence-electron chi connectivity index (χ0n) is 9.76. The van der Waals surface area contributed by atoms with Crippen molar-refractivity contribution in [1.82, 2.24) is 19.9 Å². The van der Waals surface area contributed by atoms with E-state index in [1.165, 1.54) is 0 Å². The Labute approximate surface area is 99.0 Å². The number of aromatic amines is 1. The summed E-state index contributed by atoms with van der Waals surface area (Å²) in [4.78, 5) is 18.0. The number of hydrogen-bond acceptors (Lipinski definition) is 5. The van der Waals surface area contributed by atoms with E-state index >= 15 is 0 Å². The van der Waals surface area contributed by atoms with Crippen molar-refractivity contribution < 1.29 is 4.74 Å². The minimum Gasteiger partial charge on any atom is -0.379 e. The van der Waals surface area contributed by atoms with Gasteiger partial charge in [-0.3, -0.25) is 0 Å². The van der Waals surface area contributed by atoms with Crippen LogP contribution in [0.25, 0.3) is 11.2 Å². The van der Waals surface area contributed by atoms with E-state index in [2.05, 4.69) is 31.8 Å². The lowest BCUT2D eigenvalue weighted by molar-refractivity contribution is 0.193. The monoisotopic (exact) mass is 233 g/mol. The SMILES string of the molecule is CCN(c1ncnc2nc[nH]c12)C1CCOC1. The Bertz CT molecular complexity index is 505. The second-order valence-electron chi connectivity index (χ2n) is 4.10. The highest BCUT2D eigenvalue weighted by Gasteiger charge is 2.25. The van der Waals surface area contributed by atoms with Crippen molar-refractivity contribution in [2.75, 3.05) is 24.7 Å². The summed E-state index contributed by atoms with van der Waals surface area (Å²) in [5.74, 6) is 0.922. The molecule has 0 spiro atoms. The Hall–Kier alpha value is -1.69. The number of imidazole rings is 1. The summed E-state index contributed by atoms with van der Waals surface area (Å²) >= 11 is 0. The van der Waals surface area contributed by atoms with Gasteiger partial charge in [0.1, 0.15) is 11.8 Å². The second kappa shape index (κ2) is 4.29. The largest absolute Gasteiger partial charge is 0.379 e. The molecule has 0 amide bonds. The quantitative estimate of drug-likeness (QED) is 0.855. The molecule has 2 aromatic heterocycles. The lowest BCUT2D eigenvalue weighted by atomic mass is 10.2. The minimum atomic E-state index is 0.404. The Morgan fingerprint density at radius 3 is 3.18 bits per heavy atom. The molecular formula is C11H15N5O. The summed E-state index contributed by atoms with van der Waals surface area (Å²) in [7, 11) is 0. The Kier molecular flexibility index (Phi) is 2.64. The van der Waals surface area contributed by atoms with E-state index in [1.54, 1.807) is 12.7 Å². The molecule has 1 N–H and O–H groups in total. The molecule has 0 aromatic carbocycles. The van der Waals surface area contributed by atoms with E-state index in [-0.39, 0.29) is 0 Å². The molecule has 0 aliphatic carbocycles. The van der Waals surface area contributed by atoms with Gasteiger partial charge >= 0.3 is 0 Å². The van der Waals surface area contributed by atoms with E-state index in [0.29, 0.717) is 11.7 Å². The zero-order valence-corrected chi connectivity index (χ0v) is 9.76. The van der Waals surface area contributed by atoms with Crippen LogP contribution in [0.4, 0.5) is 5.82 Å². The van der Waals surface area contributed by atoms with Crippen molar-refractivity contribution in [2.24, 2.45) is 0 Å². The number of ether oxygens (including phenoxy) is 1. The summed E-state index contributed by atoms with van der Waals surface area (Å²) < 4.78 is 5.44. The van der Waals surface area contributed by atoms with E-state index in [9.17, 15) is 0 Å². The van der Waals surface area contributed by atoms with E-state index in [0.717, 1.165) is 37.5 Å². The maximum absolute atomic E-state index is 5.44. The van der Waals surface area contributed by atoms with Gasteiger partial charge in [0.05, 0.1) is 19.0 Å². The van der Waals surface area contributed by atoms with E-state index in [1.807, 2.05) is 0 Å².